The van der Waals surface area contributed by atoms with Crippen LogP contribution in [-0.4, -0.2) is 17.0 Å². The Kier molecular flexibility index (Phi) is 4.22. The molecule has 4 N–H and O–H groups in total. The van der Waals surface area contributed by atoms with Crippen LogP contribution in [0.4, 0.5) is 5.69 Å². The van der Waals surface area contributed by atoms with E-state index in [9.17, 15) is 4.79 Å². The molecule has 0 bridgehead atoms. The summed E-state index contributed by atoms with van der Waals surface area (Å²) >= 11 is 5.97. The van der Waals surface area contributed by atoms with E-state index in [1.54, 1.807) is 42.5 Å². The molecule has 5 nitrogen and oxygen atoms in total. The number of amidine groups is 1. The summed E-state index contributed by atoms with van der Waals surface area (Å²) in [5.74, 6) is -0.386. The van der Waals surface area contributed by atoms with Gasteiger partial charge in [-0.05, 0) is 24.3 Å². The molecule has 0 spiro atoms. The summed E-state index contributed by atoms with van der Waals surface area (Å²) in [5, 5.41) is 14.7. The van der Waals surface area contributed by atoms with E-state index in [-0.39, 0.29) is 11.7 Å². The lowest BCUT2D eigenvalue weighted by Crippen LogP contribution is -2.16. The van der Waals surface area contributed by atoms with Crippen molar-refractivity contribution in [3.8, 4) is 0 Å². The molecule has 0 radical (unpaired) electrons. The van der Waals surface area contributed by atoms with Crippen molar-refractivity contribution in [1.82, 2.24) is 0 Å². The van der Waals surface area contributed by atoms with Gasteiger partial charge in [0.15, 0.2) is 5.84 Å². The zero-order chi connectivity index (χ0) is 14.5. The first-order valence-corrected chi connectivity index (χ1v) is 6.13. The lowest BCUT2D eigenvalue weighted by atomic mass is 10.1. The fourth-order valence-corrected chi connectivity index (χ4v) is 1.82. The minimum Gasteiger partial charge on any atom is -0.409 e. The molecule has 0 aliphatic rings. The molecule has 0 aliphatic carbocycles. The van der Waals surface area contributed by atoms with Crippen molar-refractivity contribution >= 4 is 29.0 Å². The molecule has 2 aromatic carbocycles. The molecule has 102 valence electrons. The van der Waals surface area contributed by atoms with Gasteiger partial charge in [0.1, 0.15) is 0 Å². The highest BCUT2D eigenvalue weighted by Gasteiger charge is 2.09. The van der Waals surface area contributed by atoms with E-state index in [2.05, 4.69) is 10.5 Å². The van der Waals surface area contributed by atoms with Gasteiger partial charge in [-0.1, -0.05) is 41.0 Å². The molecule has 2 aromatic rings. The van der Waals surface area contributed by atoms with E-state index in [1.807, 2.05) is 0 Å². The van der Waals surface area contributed by atoms with Crippen LogP contribution in [0.3, 0.4) is 0 Å². The number of anilines is 1. The van der Waals surface area contributed by atoms with Crippen LogP contribution in [0.2, 0.25) is 5.02 Å². The van der Waals surface area contributed by atoms with Crippen LogP contribution in [0.15, 0.2) is 53.7 Å². The van der Waals surface area contributed by atoms with Crippen LogP contribution in [-0.2, 0) is 0 Å². The van der Waals surface area contributed by atoms with Gasteiger partial charge in [-0.25, -0.2) is 0 Å². The zero-order valence-electron chi connectivity index (χ0n) is 10.4. The van der Waals surface area contributed by atoms with Crippen molar-refractivity contribution < 1.29 is 10.0 Å². The Morgan fingerprint density at radius 2 is 1.85 bits per heavy atom. The summed E-state index contributed by atoms with van der Waals surface area (Å²) in [4.78, 5) is 12.1. The van der Waals surface area contributed by atoms with Gasteiger partial charge in [-0.2, -0.15) is 0 Å². The number of carbonyl (C=O) groups excluding carboxylic acids is 1. The number of halogens is 1. The quantitative estimate of drug-likeness (QED) is 0.351. The van der Waals surface area contributed by atoms with Crippen LogP contribution in [0, 0.1) is 0 Å². The maximum atomic E-state index is 12.1. The number of nitrogens with one attached hydrogen (secondary N) is 1. The summed E-state index contributed by atoms with van der Waals surface area (Å²) in [6.07, 6.45) is 0. The number of para-hydroxylation sites is 1. The summed E-state index contributed by atoms with van der Waals surface area (Å²) in [5.41, 5.74) is 6.85. The Morgan fingerprint density at radius 1 is 1.15 bits per heavy atom. The molecule has 0 saturated carbocycles. The summed E-state index contributed by atoms with van der Waals surface area (Å²) in [6, 6.07) is 13.4. The van der Waals surface area contributed by atoms with E-state index in [0.717, 1.165) is 0 Å². The molecule has 0 aliphatic heterocycles. The second-order valence-corrected chi connectivity index (χ2v) is 4.41. The highest BCUT2D eigenvalue weighted by atomic mass is 35.5. The smallest absolute Gasteiger partial charge is 0.255 e. The molecule has 6 heteroatoms. The average molecular weight is 290 g/mol. The topological polar surface area (TPSA) is 87.7 Å². The zero-order valence-corrected chi connectivity index (χ0v) is 11.1. The summed E-state index contributed by atoms with van der Waals surface area (Å²) in [6.45, 7) is 0. The number of benzene rings is 2. The lowest BCUT2D eigenvalue weighted by molar-refractivity contribution is 0.102. The number of amides is 1. The Hall–Kier alpha value is -2.53. The molecular formula is C14H12ClN3O2. The van der Waals surface area contributed by atoms with Gasteiger partial charge in [0.2, 0.25) is 0 Å². The highest BCUT2D eigenvalue weighted by molar-refractivity contribution is 6.33. The lowest BCUT2D eigenvalue weighted by Gasteiger charge is -2.08. The van der Waals surface area contributed by atoms with Crippen molar-refractivity contribution in [2.45, 2.75) is 0 Å². The number of hydrogen-bond acceptors (Lipinski definition) is 3. The van der Waals surface area contributed by atoms with Crippen LogP contribution < -0.4 is 11.1 Å². The van der Waals surface area contributed by atoms with Gasteiger partial charge in [-0.3, -0.25) is 4.79 Å². The SMILES string of the molecule is N/C(=N\O)c1cccc(C(=O)Nc2ccccc2Cl)c1. The summed E-state index contributed by atoms with van der Waals surface area (Å²) in [7, 11) is 0. The van der Waals surface area contributed by atoms with E-state index >= 15 is 0 Å². The molecule has 0 atom stereocenters. The van der Waals surface area contributed by atoms with E-state index in [1.165, 1.54) is 6.07 Å². The second kappa shape index (κ2) is 6.08. The minimum atomic E-state index is -0.328. The number of oxime groups is 1. The first-order chi connectivity index (χ1) is 9.61. The van der Waals surface area contributed by atoms with E-state index in [4.69, 9.17) is 22.5 Å². The molecular weight excluding hydrogens is 278 g/mol. The Balaban J connectivity index is 2.24. The molecule has 2 rings (SSSR count). The Labute approximate surface area is 120 Å². The van der Waals surface area contributed by atoms with Crippen LogP contribution in [0.5, 0.6) is 0 Å². The number of carbonyl (C=O) groups is 1. The van der Waals surface area contributed by atoms with Crippen molar-refractivity contribution in [3.63, 3.8) is 0 Å². The Morgan fingerprint density at radius 3 is 2.55 bits per heavy atom. The third kappa shape index (κ3) is 3.07. The highest BCUT2D eigenvalue weighted by Crippen LogP contribution is 2.21. The minimum absolute atomic E-state index is 0.0580. The number of hydrogen-bond donors (Lipinski definition) is 3. The van der Waals surface area contributed by atoms with Gasteiger partial charge in [0.25, 0.3) is 5.91 Å². The van der Waals surface area contributed by atoms with Crippen molar-refractivity contribution in [2.75, 3.05) is 5.32 Å². The Bertz CT molecular complexity index is 671. The molecule has 0 unspecified atom stereocenters. The van der Waals surface area contributed by atoms with Crippen molar-refractivity contribution in [3.05, 3.63) is 64.7 Å². The van der Waals surface area contributed by atoms with Gasteiger partial charge >= 0.3 is 0 Å². The van der Waals surface area contributed by atoms with Crippen LogP contribution >= 0.6 is 11.6 Å². The molecule has 20 heavy (non-hydrogen) atoms. The first kappa shape index (κ1) is 13.9. The van der Waals surface area contributed by atoms with Crippen LogP contribution in [0.25, 0.3) is 0 Å². The largest absolute Gasteiger partial charge is 0.409 e. The first-order valence-electron chi connectivity index (χ1n) is 5.75. The predicted octanol–water partition coefficient (Wildman–Crippen LogP) is 2.69. The molecule has 0 fully saturated rings. The number of rotatable bonds is 3. The molecule has 1 amide bonds. The normalized spacial score (nSPS) is 11.2. The molecule has 0 saturated heterocycles. The number of nitrogens with zero attached hydrogens (tertiary/aromatic N) is 1. The van der Waals surface area contributed by atoms with Crippen molar-refractivity contribution in [1.29, 1.82) is 0 Å². The second-order valence-electron chi connectivity index (χ2n) is 4.00. The maximum absolute atomic E-state index is 12.1. The van der Waals surface area contributed by atoms with Crippen LogP contribution in [0.1, 0.15) is 15.9 Å². The van der Waals surface area contributed by atoms with Crippen molar-refractivity contribution in [2.24, 2.45) is 10.9 Å². The standard InChI is InChI=1S/C14H12ClN3O2/c15-11-6-1-2-7-12(11)17-14(19)10-5-3-4-9(8-10)13(16)18-20/h1-8,20H,(H2,16,18)(H,17,19). The molecule has 0 heterocycles. The van der Waals surface area contributed by atoms with E-state index < -0.39 is 0 Å². The fraction of sp³-hybridized carbons (Fsp3) is 0. The maximum Gasteiger partial charge on any atom is 0.255 e. The van der Waals surface area contributed by atoms with Gasteiger partial charge in [0, 0.05) is 11.1 Å². The van der Waals surface area contributed by atoms with E-state index in [0.29, 0.717) is 21.8 Å². The monoisotopic (exact) mass is 289 g/mol. The predicted molar refractivity (Wildman–Crippen MR) is 78.4 cm³/mol. The summed E-state index contributed by atoms with van der Waals surface area (Å²) < 4.78 is 0. The van der Waals surface area contributed by atoms with Gasteiger partial charge < -0.3 is 16.3 Å². The van der Waals surface area contributed by atoms with Gasteiger partial charge in [-0.15, -0.1) is 0 Å². The van der Waals surface area contributed by atoms with Gasteiger partial charge in [0.05, 0.1) is 10.7 Å². The number of nitrogens with two attached hydrogens (primary N) is 1. The average Bonchev–Trinajstić information content (AvgIpc) is 2.49. The molecule has 0 aromatic heterocycles. The third-order valence-corrected chi connectivity index (χ3v) is 2.98. The third-order valence-electron chi connectivity index (χ3n) is 2.65. The fourth-order valence-electron chi connectivity index (χ4n) is 1.63.